The fourth-order valence-corrected chi connectivity index (χ4v) is 2.27. The minimum absolute atomic E-state index is 0.122. The number of ether oxygens (including phenoxy) is 2. The van der Waals surface area contributed by atoms with Crippen LogP contribution in [0.1, 0.15) is 15.9 Å². The van der Waals surface area contributed by atoms with Crippen LogP contribution in [0.4, 0.5) is 5.69 Å². The number of carbonyl (C=O) groups excluding carboxylic acids is 1. The lowest BCUT2D eigenvalue weighted by molar-refractivity contribution is 0.104. The maximum Gasteiger partial charge on any atom is 0.231 e. The summed E-state index contributed by atoms with van der Waals surface area (Å²) in [7, 11) is 1.65. The normalized spacial score (nSPS) is 12.4. The van der Waals surface area contributed by atoms with Crippen molar-refractivity contribution in [2.75, 3.05) is 19.2 Å². The summed E-state index contributed by atoms with van der Waals surface area (Å²) in [6.45, 7) is 0.203. The third-order valence-electron chi connectivity index (χ3n) is 3.48. The van der Waals surface area contributed by atoms with Gasteiger partial charge in [-0.3, -0.25) is 9.59 Å². The molecule has 0 aromatic heterocycles. The van der Waals surface area contributed by atoms with Gasteiger partial charge in [-0.05, 0) is 35.9 Å². The minimum Gasteiger partial charge on any atom is -0.454 e. The number of anilines is 1. The molecule has 1 N–H and O–H groups in total. The molecule has 5 nitrogen and oxygen atoms in total. The van der Waals surface area contributed by atoms with E-state index < -0.39 is 0 Å². The Morgan fingerprint density at radius 2 is 1.91 bits per heavy atom. The smallest absolute Gasteiger partial charge is 0.231 e. The second kappa shape index (κ2) is 6.36. The molecule has 0 saturated carbocycles. The Labute approximate surface area is 133 Å². The number of fused-ring (bicyclic) bond motifs is 1. The highest BCUT2D eigenvalue weighted by Gasteiger charge is 2.13. The topological polar surface area (TPSA) is 64.6 Å². The van der Waals surface area contributed by atoms with Gasteiger partial charge in [-0.2, -0.15) is 0 Å². The maximum atomic E-state index is 12.3. The molecule has 1 heterocycles. The van der Waals surface area contributed by atoms with Gasteiger partial charge in [-0.1, -0.05) is 24.3 Å². The Kier molecular flexibility index (Phi) is 4.10. The number of ketones is 1. The Morgan fingerprint density at radius 3 is 2.74 bits per heavy atom. The molecular weight excluding hydrogens is 294 g/mol. The summed E-state index contributed by atoms with van der Waals surface area (Å²) in [6, 6.07) is 11.9. The monoisotopic (exact) mass is 309 g/mol. The van der Waals surface area contributed by atoms with Crippen molar-refractivity contribution in [2.45, 2.75) is 0 Å². The Morgan fingerprint density at radius 1 is 1.13 bits per heavy atom. The van der Waals surface area contributed by atoms with Gasteiger partial charge in [0, 0.05) is 7.05 Å². The highest BCUT2D eigenvalue weighted by Crippen LogP contribution is 2.32. The van der Waals surface area contributed by atoms with Crippen LogP contribution < -0.4 is 20.2 Å². The van der Waals surface area contributed by atoms with E-state index in [1.807, 2.05) is 6.07 Å². The molecule has 0 saturated heterocycles. The number of carbonyl (C=O) groups is 1. The van der Waals surface area contributed by atoms with Gasteiger partial charge in [-0.25, -0.2) is 0 Å². The Bertz CT molecular complexity index is 843. The van der Waals surface area contributed by atoms with Gasteiger partial charge < -0.3 is 14.8 Å². The molecule has 0 atom stereocenters. The molecule has 3 rings (SSSR count). The highest BCUT2D eigenvalue weighted by atomic mass is 16.7. The van der Waals surface area contributed by atoms with Gasteiger partial charge >= 0.3 is 0 Å². The molecular formula is C18H15NO4. The quantitative estimate of drug-likeness (QED) is 0.695. The summed E-state index contributed by atoms with van der Waals surface area (Å²) in [6.07, 6.45) is 3.03. The van der Waals surface area contributed by atoms with Crippen molar-refractivity contribution in [3.8, 4) is 11.5 Å². The predicted molar refractivity (Wildman–Crippen MR) is 88.2 cm³/mol. The lowest BCUT2D eigenvalue weighted by atomic mass is 10.1. The van der Waals surface area contributed by atoms with Crippen LogP contribution in [-0.4, -0.2) is 19.6 Å². The van der Waals surface area contributed by atoms with Crippen molar-refractivity contribution >= 4 is 17.5 Å². The van der Waals surface area contributed by atoms with Gasteiger partial charge in [0.1, 0.15) is 0 Å². The first kappa shape index (κ1) is 14.8. The molecule has 2 aromatic rings. The van der Waals surface area contributed by atoms with Crippen LogP contribution in [0, 0.1) is 0 Å². The highest BCUT2D eigenvalue weighted by molar-refractivity contribution is 6.07. The second-order valence-corrected chi connectivity index (χ2v) is 4.93. The minimum atomic E-state index is -0.347. The maximum absolute atomic E-state index is 12.3. The van der Waals surface area contributed by atoms with Crippen LogP contribution in [0.3, 0.4) is 0 Å². The van der Waals surface area contributed by atoms with Crippen LogP contribution in [0.2, 0.25) is 0 Å². The lowest BCUT2D eigenvalue weighted by Gasteiger charge is -1.98. The Balaban J connectivity index is 1.88. The molecule has 1 aliphatic heterocycles. The van der Waals surface area contributed by atoms with E-state index in [9.17, 15) is 9.59 Å². The number of rotatable bonds is 4. The van der Waals surface area contributed by atoms with Gasteiger partial charge in [0.2, 0.25) is 12.2 Å². The summed E-state index contributed by atoms with van der Waals surface area (Å²) in [4.78, 5) is 24.6. The lowest BCUT2D eigenvalue weighted by Crippen LogP contribution is -2.14. The molecule has 1 aliphatic rings. The third kappa shape index (κ3) is 3.08. The number of hydrogen-bond donors (Lipinski definition) is 1. The zero-order valence-corrected chi connectivity index (χ0v) is 12.5. The van der Waals surface area contributed by atoms with E-state index in [1.165, 1.54) is 12.1 Å². The van der Waals surface area contributed by atoms with Crippen molar-refractivity contribution < 1.29 is 14.3 Å². The predicted octanol–water partition coefficient (Wildman–Crippen LogP) is 2.71. The number of allylic oxidation sites excluding steroid dienone is 1. The van der Waals surface area contributed by atoms with Crippen molar-refractivity contribution in [3.05, 3.63) is 69.9 Å². The van der Waals surface area contributed by atoms with Crippen molar-refractivity contribution in [1.29, 1.82) is 0 Å². The third-order valence-corrected chi connectivity index (χ3v) is 3.48. The molecule has 0 unspecified atom stereocenters. The molecule has 0 spiro atoms. The molecule has 23 heavy (non-hydrogen) atoms. The van der Waals surface area contributed by atoms with Gasteiger partial charge in [-0.15, -0.1) is 0 Å². The molecule has 0 amide bonds. The van der Waals surface area contributed by atoms with E-state index in [0.717, 1.165) is 5.56 Å². The van der Waals surface area contributed by atoms with E-state index in [1.54, 1.807) is 43.5 Å². The van der Waals surface area contributed by atoms with Crippen molar-refractivity contribution in [2.24, 2.45) is 0 Å². The summed E-state index contributed by atoms with van der Waals surface area (Å²) in [5.41, 5.74) is 0.980. The van der Waals surface area contributed by atoms with E-state index >= 15 is 0 Å². The summed E-state index contributed by atoms with van der Waals surface area (Å²) in [5.74, 6) is 0.983. The summed E-state index contributed by atoms with van der Waals surface area (Å²) in [5, 5.41) is 2.79. The standard InChI is InChI=1S/C18H15NO4/c1-19-14-5-3-2-4-13(18(14)21)15(20)8-6-12-7-9-16-17(10-12)23-11-22-16/h2-10H,11H2,1H3,(H,19,21). The zero-order chi connectivity index (χ0) is 16.2. The van der Waals surface area contributed by atoms with Crippen molar-refractivity contribution in [3.63, 3.8) is 0 Å². The fourth-order valence-electron chi connectivity index (χ4n) is 2.27. The van der Waals surface area contributed by atoms with Gasteiger partial charge in [0.25, 0.3) is 0 Å². The molecule has 116 valence electrons. The second-order valence-electron chi connectivity index (χ2n) is 4.93. The first-order valence-electron chi connectivity index (χ1n) is 7.12. The van der Waals surface area contributed by atoms with Crippen LogP contribution in [-0.2, 0) is 0 Å². The Hall–Kier alpha value is -3.08. The summed E-state index contributed by atoms with van der Waals surface area (Å²) >= 11 is 0. The number of benzene rings is 1. The van der Waals surface area contributed by atoms with Crippen LogP contribution >= 0.6 is 0 Å². The average molecular weight is 309 g/mol. The summed E-state index contributed by atoms with van der Waals surface area (Å²) < 4.78 is 10.5. The van der Waals surface area contributed by atoms with Crippen LogP contribution in [0.15, 0.2) is 53.3 Å². The van der Waals surface area contributed by atoms with Gasteiger partial charge in [0.05, 0.1) is 11.3 Å². The molecule has 0 bridgehead atoms. The first-order valence-corrected chi connectivity index (χ1v) is 7.12. The molecule has 2 aromatic carbocycles. The average Bonchev–Trinajstić information content (AvgIpc) is 2.95. The van der Waals surface area contributed by atoms with E-state index in [2.05, 4.69) is 5.32 Å². The number of nitrogens with one attached hydrogen (secondary N) is 1. The molecule has 0 aliphatic carbocycles. The van der Waals surface area contributed by atoms with Crippen LogP contribution in [0.25, 0.3) is 6.08 Å². The molecule has 5 heteroatoms. The van der Waals surface area contributed by atoms with E-state index in [0.29, 0.717) is 17.2 Å². The van der Waals surface area contributed by atoms with E-state index in [4.69, 9.17) is 9.47 Å². The molecule has 0 radical (unpaired) electrons. The first-order chi connectivity index (χ1) is 11.2. The van der Waals surface area contributed by atoms with Crippen LogP contribution in [0.5, 0.6) is 11.5 Å². The number of hydrogen-bond acceptors (Lipinski definition) is 5. The van der Waals surface area contributed by atoms with Gasteiger partial charge in [0.15, 0.2) is 17.3 Å². The van der Waals surface area contributed by atoms with Crippen molar-refractivity contribution in [1.82, 2.24) is 0 Å². The SMILES string of the molecule is CNc1ccccc(C(=O)C=Cc2ccc3c(c2)OCO3)c1=O. The van der Waals surface area contributed by atoms with E-state index in [-0.39, 0.29) is 23.6 Å². The fraction of sp³-hybridized carbons (Fsp3) is 0.111. The molecule has 0 fully saturated rings. The zero-order valence-electron chi connectivity index (χ0n) is 12.5. The largest absolute Gasteiger partial charge is 0.454 e.